The van der Waals surface area contributed by atoms with Gasteiger partial charge in [-0.1, -0.05) is 170 Å². The topological polar surface area (TPSA) is 43.6 Å². The van der Waals surface area contributed by atoms with Crippen molar-refractivity contribution >= 4 is 43.4 Å². The minimum atomic E-state index is 0.635. The Morgan fingerprint density at radius 1 is 0.263 bits per heavy atom. The third-order valence-electron chi connectivity index (χ3n) is 11.0. The summed E-state index contributed by atoms with van der Waals surface area (Å²) in [5.41, 5.74) is 10.9. The lowest BCUT2D eigenvalue weighted by Crippen LogP contribution is -2.00. The van der Waals surface area contributed by atoms with Crippen molar-refractivity contribution in [2.75, 3.05) is 0 Å². The molecule has 0 aliphatic carbocycles. The number of fused-ring (bicyclic) bond motifs is 5. The van der Waals surface area contributed by atoms with Gasteiger partial charge in [0.25, 0.3) is 0 Å². The molecule has 11 aromatic rings. The van der Waals surface area contributed by atoms with E-state index in [9.17, 15) is 0 Å². The first kappa shape index (κ1) is 32.7. The van der Waals surface area contributed by atoms with Crippen molar-refractivity contribution in [1.82, 2.24) is 19.5 Å². The van der Waals surface area contributed by atoms with Crippen LogP contribution in [-0.2, 0) is 0 Å². The van der Waals surface area contributed by atoms with Gasteiger partial charge in [0.05, 0.1) is 11.0 Å². The Kier molecular flexibility index (Phi) is 7.78. The molecule has 0 amide bonds. The van der Waals surface area contributed by atoms with Gasteiger partial charge in [-0.3, -0.25) is 0 Å². The third kappa shape index (κ3) is 5.92. The van der Waals surface area contributed by atoms with E-state index in [1.54, 1.807) is 0 Å². The van der Waals surface area contributed by atoms with E-state index in [4.69, 9.17) is 15.0 Å². The quantitative estimate of drug-likeness (QED) is 0.171. The molecule has 11 rings (SSSR count). The molecular formula is C53H34N4. The highest BCUT2D eigenvalue weighted by Crippen LogP contribution is 2.36. The first-order valence-electron chi connectivity index (χ1n) is 19.3. The fourth-order valence-electron chi connectivity index (χ4n) is 8.08. The summed E-state index contributed by atoms with van der Waals surface area (Å²) in [6.45, 7) is 0. The zero-order valence-corrected chi connectivity index (χ0v) is 30.9. The maximum atomic E-state index is 5.06. The van der Waals surface area contributed by atoms with Crippen LogP contribution >= 0.6 is 0 Å². The highest BCUT2D eigenvalue weighted by Gasteiger charge is 2.15. The maximum Gasteiger partial charge on any atom is 0.164 e. The molecule has 0 saturated carbocycles. The van der Waals surface area contributed by atoms with E-state index in [1.807, 2.05) is 6.07 Å². The van der Waals surface area contributed by atoms with E-state index in [0.29, 0.717) is 17.5 Å². The first-order chi connectivity index (χ1) is 28.2. The van der Waals surface area contributed by atoms with E-state index in [-0.39, 0.29) is 0 Å². The lowest BCUT2D eigenvalue weighted by atomic mass is 10.0. The van der Waals surface area contributed by atoms with Gasteiger partial charge in [-0.15, -0.1) is 0 Å². The van der Waals surface area contributed by atoms with Crippen molar-refractivity contribution in [1.29, 1.82) is 0 Å². The summed E-state index contributed by atoms with van der Waals surface area (Å²) in [5, 5.41) is 7.34. The summed E-state index contributed by atoms with van der Waals surface area (Å²) in [6, 6.07) is 72.9. The number of aromatic nitrogens is 4. The van der Waals surface area contributed by atoms with Crippen LogP contribution in [0.25, 0.3) is 105 Å². The van der Waals surface area contributed by atoms with Gasteiger partial charge >= 0.3 is 0 Å². The van der Waals surface area contributed by atoms with Crippen molar-refractivity contribution < 1.29 is 0 Å². The molecule has 0 aliphatic rings. The predicted molar refractivity (Wildman–Crippen MR) is 236 cm³/mol. The van der Waals surface area contributed by atoms with Gasteiger partial charge in [0, 0.05) is 33.2 Å². The molecule has 0 bridgehead atoms. The summed E-state index contributed by atoms with van der Waals surface area (Å²) in [5.74, 6) is 1.92. The predicted octanol–water partition coefficient (Wildman–Crippen LogP) is 13.6. The van der Waals surface area contributed by atoms with Gasteiger partial charge < -0.3 is 4.57 Å². The fraction of sp³-hybridized carbons (Fsp3) is 0. The van der Waals surface area contributed by atoms with Gasteiger partial charge in [-0.25, -0.2) is 15.0 Å². The first-order valence-corrected chi connectivity index (χ1v) is 19.3. The lowest BCUT2D eigenvalue weighted by Gasteiger charge is -2.11. The number of hydrogen-bond acceptors (Lipinski definition) is 3. The minimum absolute atomic E-state index is 0.635. The zero-order chi connectivity index (χ0) is 37.7. The van der Waals surface area contributed by atoms with Crippen LogP contribution in [0.3, 0.4) is 0 Å². The van der Waals surface area contributed by atoms with E-state index < -0.39 is 0 Å². The van der Waals surface area contributed by atoms with Crippen LogP contribution < -0.4 is 0 Å². The second-order valence-corrected chi connectivity index (χ2v) is 14.5. The smallest absolute Gasteiger partial charge is 0.164 e. The molecule has 0 atom stereocenters. The van der Waals surface area contributed by atoms with Crippen molar-refractivity contribution in [2.24, 2.45) is 0 Å². The Morgan fingerprint density at radius 3 is 1.33 bits per heavy atom. The average molecular weight is 727 g/mol. The molecule has 0 N–H and O–H groups in total. The van der Waals surface area contributed by atoms with E-state index in [0.717, 1.165) is 44.5 Å². The Morgan fingerprint density at radius 2 is 0.702 bits per heavy atom. The molecule has 4 nitrogen and oxygen atoms in total. The summed E-state index contributed by atoms with van der Waals surface area (Å²) >= 11 is 0. The summed E-state index contributed by atoms with van der Waals surface area (Å²) in [6.07, 6.45) is 0. The second-order valence-electron chi connectivity index (χ2n) is 14.5. The van der Waals surface area contributed by atoms with Crippen LogP contribution in [0.5, 0.6) is 0 Å². The summed E-state index contributed by atoms with van der Waals surface area (Å²) < 4.78 is 2.38. The van der Waals surface area contributed by atoms with Crippen LogP contribution in [0.2, 0.25) is 0 Å². The van der Waals surface area contributed by atoms with Crippen LogP contribution in [0.15, 0.2) is 206 Å². The summed E-state index contributed by atoms with van der Waals surface area (Å²) in [7, 11) is 0. The molecule has 0 spiro atoms. The number of para-hydroxylation sites is 1. The molecule has 9 aromatic carbocycles. The van der Waals surface area contributed by atoms with E-state index in [1.165, 1.54) is 43.5 Å². The molecule has 0 unspecified atom stereocenters. The van der Waals surface area contributed by atoms with Crippen LogP contribution in [-0.4, -0.2) is 19.5 Å². The second kappa shape index (κ2) is 13.6. The van der Waals surface area contributed by atoms with E-state index >= 15 is 0 Å². The summed E-state index contributed by atoms with van der Waals surface area (Å²) in [4.78, 5) is 15.1. The molecule has 0 radical (unpaired) electrons. The molecule has 2 heterocycles. The van der Waals surface area contributed by atoms with Gasteiger partial charge in [0.15, 0.2) is 17.5 Å². The normalized spacial score (nSPS) is 11.5. The van der Waals surface area contributed by atoms with Gasteiger partial charge in [-0.05, 0) is 80.2 Å². The largest absolute Gasteiger partial charge is 0.309 e. The Hall–Kier alpha value is -7.69. The van der Waals surface area contributed by atoms with Gasteiger partial charge in [0.1, 0.15) is 0 Å². The molecule has 266 valence electrons. The Balaban J connectivity index is 0.953. The SMILES string of the molecule is c1ccc(-c2ccc(-c3nc(-c4ccc(-c5ccc(-n6c7ccccc7c7cc8ccccc8cc76)cc5)cc4)nc(-c4ccc5ccccc5c4)n3)cc2)cc1. The number of rotatable bonds is 6. The zero-order valence-electron chi connectivity index (χ0n) is 30.9. The van der Waals surface area contributed by atoms with Crippen LogP contribution in [0.4, 0.5) is 0 Å². The van der Waals surface area contributed by atoms with Gasteiger partial charge in [0.2, 0.25) is 0 Å². The van der Waals surface area contributed by atoms with Crippen LogP contribution in [0.1, 0.15) is 0 Å². The van der Waals surface area contributed by atoms with Crippen molar-refractivity contribution in [2.45, 2.75) is 0 Å². The molecule has 4 heteroatoms. The van der Waals surface area contributed by atoms with Crippen molar-refractivity contribution in [3.05, 3.63) is 206 Å². The molecule has 2 aromatic heterocycles. The maximum absolute atomic E-state index is 5.06. The highest BCUT2D eigenvalue weighted by atomic mass is 15.0. The molecule has 0 aliphatic heterocycles. The minimum Gasteiger partial charge on any atom is -0.309 e. The van der Waals surface area contributed by atoms with Crippen molar-refractivity contribution in [3.63, 3.8) is 0 Å². The monoisotopic (exact) mass is 726 g/mol. The molecule has 57 heavy (non-hydrogen) atoms. The Bertz CT molecular complexity index is 3260. The number of nitrogens with zero attached hydrogens (tertiary/aromatic N) is 4. The fourth-order valence-corrected chi connectivity index (χ4v) is 8.08. The Labute approximate surface area is 330 Å². The molecular weight excluding hydrogens is 693 g/mol. The lowest BCUT2D eigenvalue weighted by molar-refractivity contribution is 1.07. The van der Waals surface area contributed by atoms with Crippen LogP contribution in [0, 0.1) is 0 Å². The third-order valence-corrected chi connectivity index (χ3v) is 11.0. The number of benzene rings is 9. The van der Waals surface area contributed by atoms with E-state index in [2.05, 4.69) is 205 Å². The van der Waals surface area contributed by atoms with Crippen molar-refractivity contribution in [3.8, 4) is 62.1 Å². The van der Waals surface area contributed by atoms with Gasteiger partial charge in [-0.2, -0.15) is 0 Å². The molecule has 0 fully saturated rings. The average Bonchev–Trinajstić information content (AvgIpc) is 3.61. The molecule has 0 saturated heterocycles. The standard InChI is InChI=1S/C53H34N4/c1-2-10-35(11-3-1)37-18-23-40(24-19-37)51-54-52(56-53(55-51)45-27-22-36-12-4-5-13-42(36)32-45)41-25-20-38(21-26-41)39-28-30-46(31-29-39)57-49-17-9-8-16-47(49)48-33-43-14-6-7-15-44(43)34-50(48)57/h1-34H. The number of hydrogen-bond donors (Lipinski definition) is 0. The highest BCUT2D eigenvalue weighted by molar-refractivity contribution is 6.13.